The minimum absolute atomic E-state index is 0.0519. The number of rotatable bonds is 4. The molecule has 1 aliphatic heterocycles. The zero-order valence-electron chi connectivity index (χ0n) is 10.9. The molecule has 1 aromatic carbocycles. The maximum Gasteiger partial charge on any atom is 0.330 e. The first-order valence-corrected chi connectivity index (χ1v) is 5.98. The smallest absolute Gasteiger partial charge is 0.330 e. The molecule has 1 heterocycles. The van der Waals surface area contributed by atoms with E-state index < -0.39 is 17.0 Å². The number of anilines is 1. The van der Waals surface area contributed by atoms with Gasteiger partial charge in [0, 0.05) is 25.2 Å². The van der Waals surface area contributed by atoms with E-state index in [9.17, 15) is 20.0 Å². The maximum absolute atomic E-state index is 11.1. The Morgan fingerprint density at radius 3 is 2.80 bits per heavy atom. The van der Waals surface area contributed by atoms with E-state index >= 15 is 0 Å². The standard InChI is InChI=1S/C13H14N2O5/c1-20-13(17)5-3-9-2-4-11(12(6-9)15(18)19)14-7-10(16)8-14/h2-6,10,16H,7-8H2,1H3/b5-3+. The van der Waals surface area contributed by atoms with Crippen LogP contribution in [0.4, 0.5) is 11.4 Å². The van der Waals surface area contributed by atoms with Crippen molar-refractivity contribution in [2.45, 2.75) is 6.10 Å². The fourth-order valence-electron chi connectivity index (χ4n) is 1.94. The minimum Gasteiger partial charge on any atom is -0.466 e. The van der Waals surface area contributed by atoms with Gasteiger partial charge in [-0.2, -0.15) is 0 Å². The molecule has 2 rings (SSSR count). The fourth-order valence-corrected chi connectivity index (χ4v) is 1.94. The van der Waals surface area contributed by atoms with Crippen LogP contribution in [0.3, 0.4) is 0 Å². The average Bonchev–Trinajstić information content (AvgIpc) is 2.41. The van der Waals surface area contributed by atoms with E-state index in [1.54, 1.807) is 17.0 Å². The number of hydrogen-bond donors (Lipinski definition) is 1. The van der Waals surface area contributed by atoms with Crippen molar-refractivity contribution in [1.29, 1.82) is 0 Å². The van der Waals surface area contributed by atoms with Crippen molar-refractivity contribution < 1.29 is 19.6 Å². The highest BCUT2D eigenvalue weighted by atomic mass is 16.6. The van der Waals surface area contributed by atoms with Gasteiger partial charge in [-0.3, -0.25) is 10.1 Å². The van der Waals surface area contributed by atoms with Gasteiger partial charge in [-0.1, -0.05) is 6.07 Å². The van der Waals surface area contributed by atoms with Crippen molar-refractivity contribution in [3.8, 4) is 0 Å². The summed E-state index contributed by atoms with van der Waals surface area (Å²) < 4.78 is 4.45. The van der Waals surface area contributed by atoms with Crippen molar-refractivity contribution in [2.24, 2.45) is 0 Å². The van der Waals surface area contributed by atoms with Gasteiger partial charge in [-0.25, -0.2) is 4.79 Å². The second-order valence-corrected chi connectivity index (χ2v) is 4.42. The van der Waals surface area contributed by atoms with Gasteiger partial charge in [0.15, 0.2) is 0 Å². The van der Waals surface area contributed by atoms with Crippen LogP contribution in [0.1, 0.15) is 5.56 Å². The summed E-state index contributed by atoms with van der Waals surface area (Å²) in [7, 11) is 1.26. The number of carbonyl (C=O) groups excluding carboxylic acids is 1. The van der Waals surface area contributed by atoms with Gasteiger partial charge in [0.2, 0.25) is 0 Å². The first-order valence-electron chi connectivity index (χ1n) is 5.98. The quantitative estimate of drug-likeness (QED) is 0.381. The number of aliphatic hydroxyl groups excluding tert-OH is 1. The molecule has 0 radical (unpaired) electrons. The number of carbonyl (C=O) groups is 1. The summed E-state index contributed by atoms with van der Waals surface area (Å²) in [5.41, 5.74) is 0.950. The molecule has 7 heteroatoms. The van der Waals surface area contributed by atoms with Crippen LogP contribution in [0.25, 0.3) is 6.08 Å². The predicted octanol–water partition coefficient (Wildman–Crippen LogP) is 0.962. The van der Waals surface area contributed by atoms with Crippen molar-refractivity contribution in [3.05, 3.63) is 40.0 Å². The summed E-state index contributed by atoms with van der Waals surface area (Å²) in [5, 5.41) is 20.4. The first-order chi connectivity index (χ1) is 9.51. The summed E-state index contributed by atoms with van der Waals surface area (Å²) in [6.07, 6.45) is 2.22. The van der Waals surface area contributed by atoms with Gasteiger partial charge in [0.1, 0.15) is 5.69 Å². The van der Waals surface area contributed by atoms with Crippen LogP contribution in [0.5, 0.6) is 0 Å². The second-order valence-electron chi connectivity index (χ2n) is 4.42. The van der Waals surface area contributed by atoms with Gasteiger partial charge in [0.05, 0.1) is 18.1 Å². The molecule has 0 amide bonds. The Kier molecular flexibility index (Phi) is 3.99. The molecule has 0 saturated carbocycles. The molecule has 0 spiro atoms. The van der Waals surface area contributed by atoms with Gasteiger partial charge >= 0.3 is 5.97 Å². The SMILES string of the molecule is COC(=O)/C=C/c1ccc(N2CC(O)C2)c([N+](=O)[O-])c1. The summed E-state index contributed by atoms with van der Waals surface area (Å²) >= 11 is 0. The Balaban J connectivity index is 2.26. The van der Waals surface area contributed by atoms with Crippen molar-refractivity contribution >= 4 is 23.4 Å². The summed E-state index contributed by atoms with van der Waals surface area (Å²) in [6.45, 7) is 0.774. The van der Waals surface area contributed by atoms with Crippen LogP contribution in [-0.4, -0.2) is 42.3 Å². The van der Waals surface area contributed by atoms with Crippen molar-refractivity contribution in [1.82, 2.24) is 0 Å². The van der Waals surface area contributed by atoms with Gasteiger partial charge in [0.25, 0.3) is 5.69 Å². The summed E-state index contributed by atoms with van der Waals surface area (Å²) in [5.74, 6) is -0.525. The lowest BCUT2D eigenvalue weighted by Gasteiger charge is -2.37. The number of esters is 1. The zero-order chi connectivity index (χ0) is 14.7. The Morgan fingerprint density at radius 2 is 2.25 bits per heavy atom. The molecule has 106 valence electrons. The van der Waals surface area contributed by atoms with E-state index in [2.05, 4.69) is 4.74 Å². The van der Waals surface area contributed by atoms with Crippen molar-refractivity contribution in [3.63, 3.8) is 0 Å². The molecule has 7 nitrogen and oxygen atoms in total. The van der Waals surface area contributed by atoms with Crippen LogP contribution in [0.15, 0.2) is 24.3 Å². The number of hydrogen-bond acceptors (Lipinski definition) is 6. The topological polar surface area (TPSA) is 92.9 Å². The van der Waals surface area contributed by atoms with Crippen molar-refractivity contribution in [2.75, 3.05) is 25.1 Å². The van der Waals surface area contributed by atoms with Crippen LogP contribution in [0.2, 0.25) is 0 Å². The molecule has 1 fully saturated rings. The summed E-state index contributed by atoms with van der Waals surface area (Å²) in [6, 6.07) is 4.67. The molecule has 0 atom stereocenters. The highest BCUT2D eigenvalue weighted by Crippen LogP contribution is 2.32. The zero-order valence-corrected chi connectivity index (χ0v) is 10.9. The molecule has 1 saturated heterocycles. The summed E-state index contributed by atoms with van der Waals surface area (Å²) in [4.78, 5) is 23.3. The van der Waals surface area contributed by atoms with Crippen LogP contribution < -0.4 is 4.90 Å². The molecular formula is C13H14N2O5. The second kappa shape index (κ2) is 5.70. The molecule has 0 aromatic heterocycles. The molecule has 1 aliphatic rings. The van der Waals surface area contributed by atoms with Crippen LogP contribution in [-0.2, 0) is 9.53 Å². The molecule has 0 bridgehead atoms. The number of benzene rings is 1. The average molecular weight is 278 g/mol. The lowest BCUT2D eigenvalue weighted by atomic mass is 10.1. The Labute approximate surface area is 115 Å². The third-order valence-electron chi connectivity index (χ3n) is 3.01. The predicted molar refractivity (Wildman–Crippen MR) is 72.4 cm³/mol. The Hall–Kier alpha value is -2.41. The number of β-amino-alcohol motifs (C(OH)–C–C–N with tert-alkyl or cyclic N) is 1. The van der Waals surface area contributed by atoms with Gasteiger partial charge < -0.3 is 14.7 Å². The number of methoxy groups -OCH3 is 1. The van der Waals surface area contributed by atoms with E-state index in [1.807, 2.05) is 0 Å². The number of ether oxygens (including phenoxy) is 1. The number of nitro benzene ring substituents is 1. The largest absolute Gasteiger partial charge is 0.466 e. The van der Waals surface area contributed by atoms with E-state index in [0.717, 1.165) is 0 Å². The fraction of sp³-hybridized carbons (Fsp3) is 0.308. The molecular weight excluding hydrogens is 264 g/mol. The molecule has 1 N–H and O–H groups in total. The lowest BCUT2D eigenvalue weighted by Crippen LogP contribution is -2.51. The molecule has 20 heavy (non-hydrogen) atoms. The van der Waals surface area contributed by atoms with Gasteiger partial charge in [-0.05, 0) is 17.7 Å². The number of aliphatic hydroxyl groups is 1. The normalized spacial score (nSPS) is 15.2. The Morgan fingerprint density at radius 1 is 1.55 bits per heavy atom. The third-order valence-corrected chi connectivity index (χ3v) is 3.01. The number of nitrogens with zero attached hydrogens (tertiary/aromatic N) is 2. The van der Waals surface area contributed by atoms with E-state index in [0.29, 0.717) is 24.3 Å². The lowest BCUT2D eigenvalue weighted by molar-refractivity contribution is -0.384. The highest BCUT2D eigenvalue weighted by molar-refractivity contribution is 5.87. The molecule has 0 unspecified atom stereocenters. The van der Waals surface area contributed by atoms with Crippen LogP contribution in [0, 0.1) is 10.1 Å². The third kappa shape index (κ3) is 2.94. The minimum atomic E-state index is -0.525. The van der Waals surface area contributed by atoms with E-state index in [-0.39, 0.29) is 5.69 Å². The Bertz CT molecular complexity index is 564. The number of nitro groups is 1. The molecule has 1 aromatic rings. The van der Waals surface area contributed by atoms with Crippen LogP contribution >= 0.6 is 0 Å². The van der Waals surface area contributed by atoms with Gasteiger partial charge in [-0.15, -0.1) is 0 Å². The monoisotopic (exact) mass is 278 g/mol. The highest BCUT2D eigenvalue weighted by Gasteiger charge is 2.29. The molecule has 0 aliphatic carbocycles. The first kappa shape index (κ1) is 14.0. The van der Waals surface area contributed by atoms with E-state index in [4.69, 9.17) is 0 Å². The van der Waals surface area contributed by atoms with E-state index in [1.165, 1.54) is 25.3 Å². The maximum atomic E-state index is 11.1.